The Morgan fingerprint density at radius 1 is 0.924 bits per heavy atom. The van der Waals surface area contributed by atoms with Gasteiger partial charge in [-0.3, -0.25) is 14.9 Å². The third-order valence-electron chi connectivity index (χ3n) is 32.4. The fourth-order valence-electron chi connectivity index (χ4n) is 29.8. The summed E-state index contributed by atoms with van der Waals surface area (Å²) in [5.74, 6) is 7.17. The van der Waals surface area contributed by atoms with Gasteiger partial charge in [-0.25, -0.2) is 4.79 Å². The number of benzene rings is 1. The number of nitrogens with one attached hydrogen (secondary N) is 1. The summed E-state index contributed by atoms with van der Waals surface area (Å²) < 4.78 is 38.4. The normalized spacial score (nSPS) is 54.9. The molecule has 8 heterocycles. The lowest BCUT2D eigenvalue weighted by molar-refractivity contribution is -0.320. The molecule has 8 spiro atoms. The predicted molar refractivity (Wildman–Crippen MR) is 336 cm³/mol. The quantitative estimate of drug-likeness (QED) is 0.0850. The van der Waals surface area contributed by atoms with Crippen LogP contribution in [0.2, 0.25) is 0 Å². The van der Waals surface area contributed by atoms with Crippen molar-refractivity contribution in [2.24, 2.45) is 127 Å². The molecule has 12 aliphatic carbocycles. The molecule has 0 radical (unpaired) electrons. The Morgan fingerprint density at radius 3 is 2.70 bits per heavy atom. The molecule has 482 valence electrons. The van der Waals surface area contributed by atoms with E-state index < -0.39 is 104 Å². The van der Waals surface area contributed by atoms with Gasteiger partial charge in [0.2, 0.25) is 0 Å². The number of hydrogen-bond acceptors (Lipinski definition) is 13. The molecule has 1 aromatic carbocycles. The van der Waals surface area contributed by atoms with Gasteiger partial charge >= 0.3 is 11.9 Å². The van der Waals surface area contributed by atoms with E-state index in [1.807, 2.05) is 6.07 Å². The summed E-state index contributed by atoms with van der Waals surface area (Å²) in [7, 11) is 0. The van der Waals surface area contributed by atoms with E-state index in [9.17, 15) is 10.2 Å². The van der Waals surface area contributed by atoms with Crippen molar-refractivity contribution in [3.05, 3.63) is 120 Å². The fourth-order valence-corrected chi connectivity index (χ4v) is 29.8. The monoisotopic (exact) mass is 1240 g/mol. The first kappa shape index (κ1) is 56.1. The van der Waals surface area contributed by atoms with Gasteiger partial charge in [0.1, 0.15) is 35.1 Å². The molecular weight excluding hydrogens is 1150 g/mol. The number of fused-ring (bicyclic) bond motifs is 7. The Morgan fingerprint density at radius 2 is 1.82 bits per heavy atom. The van der Waals surface area contributed by atoms with Crippen LogP contribution in [0.15, 0.2) is 107 Å². The molecule has 0 amide bonds. The number of aliphatic hydroxyl groups is 3. The summed E-state index contributed by atoms with van der Waals surface area (Å²) in [6, 6.07) is 13.2. The molecule has 13 nitrogen and oxygen atoms in total. The second-order valence-electron chi connectivity index (χ2n) is 34.5. The highest BCUT2D eigenvalue weighted by atomic mass is 16.7. The van der Waals surface area contributed by atoms with E-state index in [1.54, 1.807) is 6.26 Å². The van der Waals surface area contributed by atoms with Crippen LogP contribution in [0, 0.1) is 139 Å². The molecule has 10 bridgehead atoms. The number of Topliss-reactive ketones (excluding diaryl/α,β-unsaturated/α-hetero) is 1. The lowest BCUT2D eigenvalue weighted by Crippen LogP contribution is -2.84. The second kappa shape index (κ2) is 18.1. The minimum absolute atomic E-state index is 0.0192. The average Bonchev–Trinajstić information content (AvgIpc) is 1.40. The van der Waals surface area contributed by atoms with Crippen LogP contribution in [0.3, 0.4) is 0 Å². The van der Waals surface area contributed by atoms with Crippen LogP contribution in [0.4, 0.5) is 0 Å². The molecular formula is C79H90N2O11. The molecule has 1 aromatic heterocycles. The Hall–Kier alpha value is -5.07. The van der Waals surface area contributed by atoms with E-state index in [0.717, 1.165) is 77.4 Å². The zero-order valence-corrected chi connectivity index (χ0v) is 53.4. The van der Waals surface area contributed by atoms with Gasteiger partial charge in [-0.15, -0.1) is 0 Å². The highest BCUT2D eigenvalue weighted by Gasteiger charge is 3.02. The summed E-state index contributed by atoms with van der Waals surface area (Å²) in [5, 5.41) is 42.1. The van der Waals surface area contributed by atoms with Crippen LogP contribution < -0.4 is 5.32 Å². The van der Waals surface area contributed by atoms with Crippen LogP contribution in [0.5, 0.6) is 0 Å². The van der Waals surface area contributed by atoms with Crippen molar-refractivity contribution in [3.63, 3.8) is 0 Å². The van der Waals surface area contributed by atoms with Gasteiger partial charge in [-0.2, -0.15) is 0 Å². The molecule has 2 aromatic rings. The van der Waals surface area contributed by atoms with Crippen molar-refractivity contribution in [2.75, 3.05) is 26.4 Å². The first-order valence-electron chi connectivity index (χ1n) is 36.5. The number of carbonyl (C=O) groups excluding carboxylic acids is 3. The molecule has 13 heteroatoms. The number of cyclic esters (lactones) is 1. The van der Waals surface area contributed by atoms with E-state index in [4.69, 9.17) is 23.4 Å². The summed E-state index contributed by atoms with van der Waals surface area (Å²) in [6.45, 7) is 6.17. The second-order valence-corrected chi connectivity index (χ2v) is 34.5. The zero-order valence-electron chi connectivity index (χ0n) is 53.4. The van der Waals surface area contributed by atoms with E-state index in [1.165, 1.54) is 24.0 Å². The molecule has 0 unspecified atom stereocenters. The van der Waals surface area contributed by atoms with Crippen molar-refractivity contribution in [1.82, 2.24) is 10.2 Å². The van der Waals surface area contributed by atoms with Crippen molar-refractivity contribution in [3.8, 4) is 11.8 Å². The number of aliphatic hydroxyl groups excluding tert-OH is 3. The molecule has 4 N–H and O–H groups in total. The number of furan rings is 1. The van der Waals surface area contributed by atoms with Gasteiger partial charge in [-0.05, 0) is 202 Å². The highest BCUT2D eigenvalue weighted by molar-refractivity contribution is 5.96. The Balaban J connectivity index is 0.801. The van der Waals surface area contributed by atoms with Crippen LogP contribution in [0.1, 0.15) is 133 Å². The lowest BCUT2D eigenvalue weighted by Gasteiger charge is -2.74. The summed E-state index contributed by atoms with van der Waals surface area (Å²) in [4.78, 5) is 53.5. The van der Waals surface area contributed by atoms with Gasteiger partial charge in [-0.1, -0.05) is 111 Å². The molecule has 8 saturated carbocycles. The van der Waals surface area contributed by atoms with Gasteiger partial charge in [0.25, 0.3) is 0 Å². The maximum Gasteiger partial charge on any atom is 0.339 e. The van der Waals surface area contributed by atoms with Crippen molar-refractivity contribution in [2.45, 2.75) is 176 Å². The fraction of sp³-hybridized carbons (Fsp3) is 0.684. The minimum Gasteiger partial charge on any atom is -0.469 e. The number of carbonyl (C=O) groups is 3. The summed E-state index contributed by atoms with van der Waals surface area (Å²) in [6.07, 6.45) is 33.8. The third kappa shape index (κ3) is 5.92. The maximum atomic E-state index is 18.2. The van der Waals surface area contributed by atoms with Crippen LogP contribution in [-0.2, 0) is 51.8 Å². The Bertz CT molecular complexity index is 3820. The van der Waals surface area contributed by atoms with Crippen molar-refractivity contribution < 1.29 is 53.1 Å². The van der Waals surface area contributed by atoms with Crippen LogP contribution in [-0.4, -0.2) is 106 Å². The molecule has 92 heavy (non-hydrogen) atoms. The highest BCUT2D eigenvalue weighted by Crippen LogP contribution is 2.94. The van der Waals surface area contributed by atoms with Crippen molar-refractivity contribution >= 4 is 17.7 Å². The van der Waals surface area contributed by atoms with E-state index in [-0.39, 0.29) is 78.0 Å². The Kier molecular flexibility index (Phi) is 11.1. The number of ether oxygens (including phenoxy) is 4. The number of rotatable bonds is 8. The molecule has 30 atom stereocenters. The van der Waals surface area contributed by atoms with Crippen LogP contribution in [0.25, 0.3) is 0 Å². The number of esters is 2. The number of ketones is 1. The van der Waals surface area contributed by atoms with E-state index in [0.29, 0.717) is 73.1 Å². The van der Waals surface area contributed by atoms with Crippen LogP contribution >= 0.6 is 0 Å². The smallest absolute Gasteiger partial charge is 0.339 e. The van der Waals surface area contributed by atoms with E-state index in [2.05, 4.69) is 121 Å². The van der Waals surface area contributed by atoms with Gasteiger partial charge in [0.05, 0.1) is 49.0 Å². The predicted octanol–water partition coefficient (Wildman–Crippen LogP) is 9.90. The topological polar surface area (TPSA) is 181 Å². The van der Waals surface area contributed by atoms with Crippen molar-refractivity contribution in [1.29, 1.82) is 0 Å². The molecule has 13 fully saturated rings. The summed E-state index contributed by atoms with van der Waals surface area (Å²) in [5.41, 5.74) is -8.52. The molecule has 19 aliphatic rings. The first-order valence-corrected chi connectivity index (χ1v) is 36.5. The molecule has 7 aliphatic heterocycles. The first-order chi connectivity index (χ1) is 44.7. The average molecular weight is 1240 g/mol. The minimum atomic E-state index is -1.61. The maximum absolute atomic E-state index is 18.2. The third-order valence-corrected chi connectivity index (χ3v) is 32.4. The largest absolute Gasteiger partial charge is 0.469 e. The van der Waals surface area contributed by atoms with E-state index >= 15 is 19.5 Å². The van der Waals surface area contributed by atoms with Gasteiger partial charge in [0, 0.05) is 52.7 Å². The number of hydrogen-bond donors (Lipinski definition) is 4. The van der Waals surface area contributed by atoms with Gasteiger partial charge in [0.15, 0.2) is 17.5 Å². The molecule has 5 saturated heterocycles. The summed E-state index contributed by atoms with van der Waals surface area (Å²) >= 11 is 0. The lowest BCUT2D eigenvalue weighted by atomic mass is 9.28. The SMILES string of the molecule is C[C@H]1[C@@H]2CCC[C@H]2C=C[C@@]12C=CC[C@]13O[C@@]45C(=C[C@@H]21)C[C@@H]1C[C@H]2C=C[C@]46C(=O)OC[C@@]54[C@@H]3C(=O)[C@@H](O)[C@]35[C@@H]4[C@H](C[C@@]16C2)C[C@]1(C)[C@@]32O[C@@H]2C(=O)O[C@]1(c1ccoc1C[C@@H]([C@H]1CC[C@H]2[C@H](C=CN3CNC[C@H]23)C1)[C@H](O)CO)CC#C[C@@H]1CC[C@H](Cc2ccccc2)C[C@@H]15. The standard InChI is InChI=1S/C79H90N2O11/c1-43-54-13-6-11-47(54)19-25-71(43)22-8-23-74-62(71)34-53-33-52-30-46-18-26-75-69(87)89-41-73(78(53,75)92-74)64-51(38-72(52,75)36-46)37-70(2)76(57-21-28-88-61(57)35-56(60(83)40-82)49-16-17-55-50(32-49)20-27-81-42-80-39-59(55)81)24-7-12-48-15-14-45(29-44-9-4-3-5-10-44)31-58(48)77(64,66(85)63(84)65(73)74)79(70)67(90-79)68(86)91-76/h3-5,8-10,18-22,25-28,34,43,45-52,54-56,58-60,62,64-67,80,82-83,85H,6,11,13-17,23-24,29-33,35-42H2,1-2H3/t43-,45+,46+,47-,48+,49-,50+,51-,52-,54-,55-,56-,58-,59+,60+,62-,64+,65-,66+,67+,70-,71-,72-,73+,74-,75+,76-,77-,78+,79+/m0/s1. The number of allylic oxidation sites excluding steroid dienone is 5. The Labute approximate surface area is 540 Å². The van der Waals surface area contributed by atoms with Gasteiger partial charge < -0.3 is 43.6 Å². The number of nitrogens with zero attached hydrogens (tertiary/aromatic N) is 1. The zero-order chi connectivity index (χ0) is 61.7. The molecule has 21 rings (SSSR count). The number of epoxide rings is 1.